The molecule has 0 spiro atoms. The summed E-state index contributed by atoms with van der Waals surface area (Å²) in [6.07, 6.45) is 9.04. The molecule has 1 aliphatic rings. The Kier molecular flexibility index (Phi) is 6.71. The molecule has 23 heavy (non-hydrogen) atoms. The molecule has 1 fully saturated rings. The van der Waals surface area contributed by atoms with Crippen molar-refractivity contribution in [1.29, 1.82) is 0 Å². The molecular formula is C18H28N2O3. The summed E-state index contributed by atoms with van der Waals surface area (Å²) in [7, 11) is 0. The fraction of sp³-hybridized carbons (Fsp3) is 0.611. The number of aromatic hydroxyl groups is 1. The number of benzene rings is 1. The van der Waals surface area contributed by atoms with Gasteiger partial charge in [0.2, 0.25) is 0 Å². The lowest BCUT2D eigenvalue weighted by atomic mass is 9.95. The van der Waals surface area contributed by atoms with E-state index in [4.69, 9.17) is 10.6 Å². The molecule has 4 N–H and O–H groups in total. The molecule has 1 aromatic carbocycles. The fourth-order valence-corrected chi connectivity index (χ4v) is 3.20. The molecule has 1 saturated carbocycles. The van der Waals surface area contributed by atoms with Crippen LogP contribution in [0.25, 0.3) is 0 Å². The molecule has 128 valence electrons. The van der Waals surface area contributed by atoms with Gasteiger partial charge in [0.25, 0.3) is 5.91 Å². The highest BCUT2D eigenvalue weighted by Crippen LogP contribution is 2.40. The van der Waals surface area contributed by atoms with E-state index in [9.17, 15) is 9.90 Å². The molecule has 1 aromatic rings. The lowest BCUT2D eigenvalue weighted by Crippen LogP contribution is -2.30. The van der Waals surface area contributed by atoms with Crippen LogP contribution in [-0.4, -0.2) is 17.6 Å². The summed E-state index contributed by atoms with van der Waals surface area (Å²) in [5.41, 5.74) is 3.35. The Hall–Kier alpha value is -1.75. The predicted molar refractivity (Wildman–Crippen MR) is 90.6 cm³/mol. The van der Waals surface area contributed by atoms with Crippen LogP contribution in [0.3, 0.4) is 0 Å². The van der Waals surface area contributed by atoms with Crippen LogP contribution in [0.2, 0.25) is 0 Å². The number of phenolic OH excluding ortho intramolecular Hbond substituents is 1. The van der Waals surface area contributed by atoms with Crippen molar-refractivity contribution in [2.24, 2.45) is 5.84 Å². The van der Waals surface area contributed by atoms with Crippen LogP contribution in [-0.2, 0) is 0 Å². The summed E-state index contributed by atoms with van der Waals surface area (Å²) in [4.78, 5) is 11.9. The summed E-state index contributed by atoms with van der Waals surface area (Å²) >= 11 is 0. The average Bonchev–Trinajstić information content (AvgIpc) is 3.10. The summed E-state index contributed by atoms with van der Waals surface area (Å²) in [6.45, 7) is 2.71. The smallest absolute Gasteiger partial charge is 0.269 e. The Labute approximate surface area is 138 Å². The number of nitrogens with two attached hydrogens (primary N) is 1. The normalized spacial score (nSPS) is 14.9. The Morgan fingerprint density at radius 2 is 2.04 bits per heavy atom. The van der Waals surface area contributed by atoms with Gasteiger partial charge in [-0.2, -0.15) is 0 Å². The van der Waals surface area contributed by atoms with Gasteiger partial charge < -0.3 is 9.84 Å². The van der Waals surface area contributed by atoms with Crippen molar-refractivity contribution in [2.75, 3.05) is 6.61 Å². The minimum Gasteiger partial charge on any atom is -0.504 e. The average molecular weight is 320 g/mol. The minimum absolute atomic E-state index is 0.120. The predicted octanol–water partition coefficient (Wildman–Crippen LogP) is 3.61. The first-order chi connectivity index (χ1) is 11.2. The third-order valence-corrected chi connectivity index (χ3v) is 4.56. The van der Waals surface area contributed by atoms with Crippen molar-refractivity contribution in [3.05, 3.63) is 23.3 Å². The number of ether oxygens (including phenoxy) is 1. The van der Waals surface area contributed by atoms with E-state index in [0.29, 0.717) is 18.3 Å². The van der Waals surface area contributed by atoms with Crippen LogP contribution in [0, 0.1) is 0 Å². The molecule has 0 atom stereocenters. The van der Waals surface area contributed by atoms with Gasteiger partial charge in [0.15, 0.2) is 11.5 Å². The summed E-state index contributed by atoms with van der Waals surface area (Å²) in [6, 6.07) is 3.63. The molecule has 2 rings (SSSR count). The quantitative estimate of drug-likeness (QED) is 0.296. The van der Waals surface area contributed by atoms with Crippen LogP contribution in [0.1, 0.15) is 80.1 Å². The Morgan fingerprint density at radius 3 is 2.70 bits per heavy atom. The molecule has 1 amide bonds. The van der Waals surface area contributed by atoms with E-state index in [1.807, 2.05) is 6.07 Å². The third-order valence-electron chi connectivity index (χ3n) is 4.56. The minimum atomic E-state index is -0.488. The van der Waals surface area contributed by atoms with Gasteiger partial charge in [-0.3, -0.25) is 10.2 Å². The Morgan fingerprint density at radius 1 is 1.30 bits per heavy atom. The zero-order valence-electron chi connectivity index (χ0n) is 13.9. The van der Waals surface area contributed by atoms with E-state index in [0.717, 1.165) is 31.2 Å². The maximum Gasteiger partial charge on any atom is 0.269 e. The Balaban J connectivity index is 2.17. The number of unbranched alkanes of at least 4 members (excludes halogenated alkanes) is 3. The number of nitrogens with one attached hydrogen (secondary N) is 1. The molecule has 0 aromatic heterocycles. The zero-order chi connectivity index (χ0) is 16.7. The van der Waals surface area contributed by atoms with Crippen molar-refractivity contribution in [3.63, 3.8) is 0 Å². The van der Waals surface area contributed by atoms with Crippen molar-refractivity contribution < 1.29 is 14.6 Å². The van der Waals surface area contributed by atoms with Gasteiger partial charge in [0.1, 0.15) is 0 Å². The van der Waals surface area contributed by atoms with Crippen molar-refractivity contribution in [3.8, 4) is 11.5 Å². The summed E-state index contributed by atoms with van der Waals surface area (Å²) < 4.78 is 5.75. The molecule has 0 heterocycles. The van der Waals surface area contributed by atoms with E-state index >= 15 is 0 Å². The topological polar surface area (TPSA) is 84.6 Å². The van der Waals surface area contributed by atoms with Gasteiger partial charge in [0.05, 0.1) is 12.2 Å². The summed E-state index contributed by atoms with van der Waals surface area (Å²) in [5, 5.41) is 10.3. The van der Waals surface area contributed by atoms with Crippen molar-refractivity contribution in [2.45, 2.75) is 64.2 Å². The molecule has 5 heteroatoms. The highest BCUT2D eigenvalue weighted by molar-refractivity contribution is 5.97. The number of amides is 1. The third kappa shape index (κ3) is 4.61. The number of hydrazine groups is 1. The monoisotopic (exact) mass is 320 g/mol. The molecule has 0 aliphatic heterocycles. The van der Waals surface area contributed by atoms with Gasteiger partial charge in [-0.05, 0) is 42.9 Å². The van der Waals surface area contributed by atoms with Gasteiger partial charge in [-0.15, -0.1) is 0 Å². The second-order valence-electron chi connectivity index (χ2n) is 6.28. The van der Waals surface area contributed by atoms with Crippen LogP contribution in [0.4, 0.5) is 0 Å². The van der Waals surface area contributed by atoms with E-state index in [1.165, 1.54) is 25.7 Å². The summed E-state index contributed by atoms with van der Waals surface area (Å²) in [5.74, 6) is 5.45. The second-order valence-corrected chi connectivity index (χ2v) is 6.28. The highest BCUT2D eigenvalue weighted by Gasteiger charge is 2.23. The van der Waals surface area contributed by atoms with Crippen LogP contribution < -0.4 is 16.0 Å². The van der Waals surface area contributed by atoms with E-state index in [-0.39, 0.29) is 11.3 Å². The molecule has 5 nitrogen and oxygen atoms in total. The number of carbonyl (C=O) groups is 1. The van der Waals surface area contributed by atoms with E-state index in [1.54, 1.807) is 6.07 Å². The van der Waals surface area contributed by atoms with Crippen LogP contribution in [0.15, 0.2) is 12.1 Å². The Bertz CT molecular complexity index is 525. The number of hydrogen-bond donors (Lipinski definition) is 3. The van der Waals surface area contributed by atoms with Gasteiger partial charge in [-0.1, -0.05) is 39.0 Å². The first-order valence-corrected chi connectivity index (χ1v) is 8.68. The lowest BCUT2D eigenvalue weighted by molar-refractivity contribution is 0.0950. The van der Waals surface area contributed by atoms with Crippen LogP contribution >= 0.6 is 0 Å². The molecule has 0 unspecified atom stereocenters. The number of phenols is 1. The first-order valence-electron chi connectivity index (χ1n) is 8.68. The SMILES string of the molecule is CCCCCCOc1cc(C2CCCC2)cc(C(=O)NN)c1O. The molecular weight excluding hydrogens is 292 g/mol. The molecule has 0 bridgehead atoms. The maximum absolute atomic E-state index is 11.9. The maximum atomic E-state index is 11.9. The number of rotatable bonds is 8. The van der Waals surface area contributed by atoms with E-state index < -0.39 is 5.91 Å². The van der Waals surface area contributed by atoms with Gasteiger partial charge in [0, 0.05) is 0 Å². The standard InChI is InChI=1S/C18H28N2O3/c1-2-3-4-7-10-23-16-12-14(13-8-5-6-9-13)11-15(17(16)21)18(22)20-19/h11-13,21H,2-10,19H2,1H3,(H,20,22). The van der Waals surface area contributed by atoms with Gasteiger partial charge in [-0.25, -0.2) is 5.84 Å². The second kappa shape index (κ2) is 8.77. The van der Waals surface area contributed by atoms with Crippen molar-refractivity contribution >= 4 is 5.91 Å². The van der Waals surface area contributed by atoms with Crippen molar-refractivity contribution in [1.82, 2.24) is 5.43 Å². The lowest BCUT2D eigenvalue weighted by Gasteiger charge is -2.16. The highest BCUT2D eigenvalue weighted by atomic mass is 16.5. The first kappa shape index (κ1) is 17.6. The fourth-order valence-electron chi connectivity index (χ4n) is 3.20. The molecule has 0 saturated heterocycles. The van der Waals surface area contributed by atoms with Gasteiger partial charge >= 0.3 is 0 Å². The number of hydrogen-bond acceptors (Lipinski definition) is 4. The zero-order valence-corrected chi connectivity index (χ0v) is 13.9. The molecule has 0 radical (unpaired) electrons. The van der Waals surface area contributed by atoms with Crippen LogP contribution in [0.5, 0.6) is 11.5 Å². The number of carbonyl (C=O) groups excluding carboxylic acids is 1. The number of nitrogen functional groups attached to an aromatic ring is 1. The largest absolute Gasteiger partial charge is 0.504 e. The molecule has 1 aliphatic carbocycles. The van der Waals surface area contributed by atoms with E-state index in [2.05, 4.69) is 12.3 Å².